The van der Waals surface area contributed by atoms with E-state index < -0.39 is 6.10 Å². The lowest BCUT2D eigenvalue weighted by molar-refractivity contribution is 0.0327. The van der Waals surface area contributed by atoms with Crippen molar-refractivity contribution in [1.82, 2.24) is 14.9 Å². The predicted octanol–water partition coefficient (Wildman–Crippen LogP) is 1.02. The van der Waals surface area contributed by atoms with E-state index in [4.69, 9.17) is 21.1 Å². The molecule has 1 aliphatic rings. The standard InChI is InChI=1S/C14H23ClN4O3/c1-21-9-11(20)8-19-5-3-10(4-6-19)17-13-12(15)7-16-14(18-13)22-2/h7,10-11,20H,3-6,8-9H2,1-2H3,(H,16,17,18). The van der Waals surface area contributed by atoms with Gasteiger partial charge >= 0.3 is 6.01 Å². The minimum atomic E-state index is -0.435. The summed E-state index contributed by atoms with van der Waals surface area (Å²) in [5.74, 6) is 0.603. The Morgan fingerprint density at radius 3 is 2.82 bits per heavy atom. The summed E-state index contributed by atoms with van der Waals surface area (Å²) in [4.78, 5) is 10.4. The number of piperidine rings is 1. The fraction of sp³-hybridized carbons (Fsp3) is 0.714. The molecule has 0 bridgehead atoms. The van der Waals surface area contributed by atoms with Gasteiger partial charge in [-0.15, -0.1) is 0 Å². The Balaban J connectivity index is 1.82. The topological polar surface area (TPSA) is 79.7 Å². The first-order valence-electron chi connectivity index (χ1n) is 7.34. The van der Waals surface area contributed by atoms with E-state index in [9.17, 15) is 5.11 Å². The minimum Gasteiger partial charge on any atom is -0.467 e. The Labute approximate surface area is 135 Å². The van der Waals surface area contributed by atoms with Crippen molar-refractivity contribution in [2.75, 3.05) is 45.8 Å². The van der Waals surface area contributed by atoms with Crippen molar-refractivity contribution >= 4 is 17.4 Å². The van der Waals surface area contributed by atoms with Gasteiger partial charge < -0.3 is 24.8 Å². The molecule has 1 atom stereocenters. The van der Waals surface area contributed by atoms with Crippen LogP contribution in [-0.4, -0.2) is 72.6 Å². The van der Waals surface area contributed by atoms with E-state index in [1.54, 1.807) is 7.11 Å². The number of β-amino-alcohol motifs (C(OH)–C–C–N with tert-alkyl or cyclic N) is 1. The Hall–Kier alpha value is -1.15. The van der Waals surface area contributed by atoms with E-state index in [0.29, 0.717) is 36.0 Å². The highest BCUT2D eigenvalue weighted by molar-refractivity contribution is 6.32. The summed E-state index contributed by atoms with van der Waals surface area (Å²) < 4.78 is 9.96. The van der Waals surface area contributed by atoms with Crippen molar-refractivity contribution in [1.29, 1.82) is 0 Å². The molecule has 7 nitrogen and oxygen atoms in total. The first kappa shape index (κ1) is 17.2. The maximum absolute atomic E-state index is 9.77. The number of aromatic nitrogens is 2. The summed E-state index contributed by atoms with van der Waals surface area (Å²) in [5.41, 5.74) is 0. The van der Waals surface area contributed by atoms with E-state index in [0.717, 1.165) is 25.9 Å². The van der Waals surface area contributed by atoms with Crippen molar-refractivity contribution in [3.63, 3.8) is 0 Å². The van der Waals surface area contributed by atoms with Crippen LogP contribution in [0.25, 0.3) is 0 Å². The van der Waals surface area contributed by atoms with Crippen molar-refractivity contribution in [2.24, 2.45) is 0 Å². The second-order valence-electron chi connectivity index (χ2n) is 5.38. The molecule has 0 aliphatic carbocycles. The van der Waals surface area contributed by atoms with E-state index in [1.165, 1.54) is 13.3 Å². The van der Waals surface area contributed by atoms with Crippen molar-refractivity contribution < 1.29 is 14.6 Å². The van der Waals surface area contributed by atoms with Crippen LogP contribution < -0.4 is 10.1 Å². The molecule has 124 valence electrons. The van der Waals surface area contributed by atoms with Gasteiger partial charge in [-0.3, -0.25) is 0 Å². The van der Waals surface area contributed by atoms with Gasteiger partial charge in [0.25, 0.3) is 0 Å². The van der Waals surface area contributed by atoms with Gasteiger partial charge in [0.2, 0.25) is 0 Å². The van der Waals surface area contributed by atoms with Crippen LogP contribution in [0, 0.1) is 0 Å². The number of hydrogen-bond donors (Lipinski definition) is 2. The molecule has 2 rings (SSSR count). The summed E-state index contributed by atoms with van der Waals surface area (Å²) in [6.07, 6.45) is 3.02. The molecular formula is C14H23ClN4O3. The summed E-state index contributed by atoms with van der Waals surface area (Å²) in [6.45, 7) is 2.84. The fourth-order valence-corrected chi connectivity index (χ4v) is 2.69. The smallest absolute Gasteiger partial charge is 0.318 e. The summed E-state index contributed by atoms with van der Waals surface area (Å²) in [7, 11) is 3.12. The lowest BCUT2D eigenvalue weighted by atomic mass is 10.0. The maximum Gasteiger partial charge on any atom is 0.318 e. The molecule has 0 saturated carbocycles. The number of halogens is 1. The van der Waals surface area contributed by atoms with Crippen LogP contribution in [-0.2, 0) is 4.74 Å². The number of aliphatic hydroxyl groups is 1. The predicted molar refractivity (Wildman–Crippen MR) is 84.6 cm³/mol. The highest BCUT2D eigenvalue weighted by Gasteiger charge is 2.22. The third kappa shape index (κ3) is 4.95. The van der Waals surface area contributed by atoms with Gasteiger partial charge in [-0.05, 0) is 12.8 Å². The van der Waals surface area contributed by atoms with Crippen LogP contribution in [0.4, 0.5) is 5.82 Å². The third-order valence-corrected chi connectivity index (χ3v) is 3.94. The molecule has 2 N–H and O–H groups in total. The Morgan fingerprint density at radius 1 is 1.45 bits per heavy atom. The zero-order valence-corrected chi connectivity index (χ0v) is 13.7. The summed E-state index contributed by atoms with van der Waals surface area (Å²) >= 11 is 6.10. The van der Waals surface area contributed by atoms with Gasteiger partial charge in [-0.25, -0.2) is 4.98 Å². The van der Waals surface area contributed by atoms with Crippen LogP contribution in [0.5, 0.6) is 6.01 Å². The first-order valence-corrected chi connectivity index (χ1v) is 7.72. The molecule has 1 aromatic heterocycles. The summed E-state index contributed by atoms with van der Waals surface area (Å²) in [5, 5.41) is 13.6. The SMILES string of the molecule is COCC(O)CN1CCC(Nc2nc(OC)ncc2Cl)CC1. The molecular weight excluding hydrogens is 308 g/mol. The van der Waals surface area contributed by atoms with Crippen LogP contribution in [0.15, 0.2) is 6.20 Å². The number of methoxy groups -OCH3 is 2. The molecule has 8 heteroatoms. The molecule has 2 heterocycles. The number of hydrogen-bond acceptors (Lipinski definition) is 7. The van der Waals surface area contributed by atoms with Gasteiger partial charge in [-0.2, -0.15) is 4.98 Å². The van der Waals surface area contributed by atoms with E-state index >= 15 is 0 Å². The molecule has 22 heavy (non-hydrogen) atoms. The molecule has 0 spiro atoms. The summed E-state index contributed by atoms with van der Waals surface area (Å²) in [6, 6.07) is 0.597. The largest absolute Gasteiger partial charge is 0.467 e. The molecule has 1 saturated heterocycles. The van der Waals surface area contributed by atoms with Crippen LogP contribution in [0.3, 0.4) is 0 Å². The average molecular weight is 331 g/mol. The number of nitrogens with zero attached hydrogens (tertiary/aromatic N) is 3. The average Bonchev–Trinajstić information content (AvgIpc) is 2.51. The highest BCUT2D eigenvalue weighted by Crippen LogP contribution is 2.23. The van der Waals surface area contributed by atoms with Gasteiger partial charge in [0.15, 0.2) is 5.82 Å². The molecule has 0 aromatic carbocycles. The molecule has 1 aromatic rings. The van der Waals surface area contributed by atoms with Crippen molar-refractivity contribution in [2.45, 2.75) is 25.0 Å². The minimum absolute atomic E-state index is 0.298. The van der Waals surface area contributed by atoms with Crippen molar-refractivity contribution in [3.8, 4) is 6.01 Å². The second kappa shape index (κ2) is 8.47. The zero-order chi connectivity index (χ0) is 15.9. The van der Waals surface area contributed by atoms with Gasteiger partial charge in [0.1, 0.15) is 5.02 Å². The number of anilines is 1. The van der Waals surface area contributed by atoms with Gasteiger partial charge in [-0.1, -0.05) is 11.6 Å². The quantitative estimate of drug-likeness (QED) is 0.772. The third-order valence-electron chi connectivity index (χ3n) is 3.66. The van der Waals surface area contributed by atoms with Crippen LogP contribution >= 0.6 is 11.6 Å². The van der Waals surface area contributed by atoms with E-state index in [2.05, 4.69) is 20.2 Å². The number of ether oxygens (including phenoxy) is 2. The van der Waals surface area contributed by atoms with Gasteiger partial charge in [0, 0.05) is 32.8 Å². The Bertz CT molecular complexity index is 469. The molecule has 1 aliphatic heterocycles. The van der Waals surface area contributed by atoms with Crippen LogP contribution in [0.2, 0.25) is 5.02 Å². The first-order chi connectivity index (χ1) is 10.6. The fourth-order valence-electron chi connectivity index (χ4n) is 2.55. The lowest BCUT2D eigenvalue weighted by Crippen LogP contribution is -2.43. The second-order valence-corrected chi connectivity index (χ2v) is 5.79. The highest BCUT2D eigenvalue weighted by atomic mass is 35.5. The van der Waals surface area contributed by atoms with Crippen LogP contribution in [0.1, 0.15) is 12.8 Å². The van der Waals surface area contributed by atoms with E-state index in [-0.39, 0.29) is 0 Å². The van der Waals surface area contributed by atoms with E-state index in [1.807, 2.05) is 0 Å². The molecule has 1 unspecified atom stereocenters. The lowest BCUT2D eigenvalue weighted by Gasteiger charge is -2.33. The molecule has 0 amide bonds. The zero-order valence-electron chi connectivity index (χ0n) is 13.0. The monoisotopic (exact) mass is 330 g/mol. The maximum atomic E-state index is 9.77. The number of aliphatic hydroxyl groups excluding tert-OH is 1. The number of likely N-dealkylation sites (tertiary alicyclic amines) is 1. The molecule has 1 fully saturated rings. The van der Waals surface area contributed by atoms with Gasteiger partial charge in [0.05, 0.1) is 26.0 Å². The number of nitrogens with one attached hydrogen (secondary N) is 1. The van der Waals surface area contributed by atoms with Crippen molar-refractivity contribution in [3.05, 3.63) is 11.2 Å². The number of rotatable bonds is 7. The Kier molecular flexibility index (Phi) is 6.63. The normalized spacial score (nSPS) is 18.2. The molecule has 0 radical (unpaired) electrons. The Morgan fingerprint density at radius 2 is 2.18 bits per heavy atom.